The fraction of sp³-hybridized carbons (Fsp3) is 0.458. The normalized spacial score (nSPS) is 15.9. The minimum atomic E-state index is -4.40. The highest BCUT2D eigenvalue weighted by Crippen LogP contribution is 2.32. The van der Waals surface area contributed by atoms with Gasteiger partial charge in [0.2, 0.25) is 0 Å². The van der Waals surface area contributed by atoms with Crippen LogP contribution in [0.1, 0.15) is 44.9 Å². The first-order valence-corrected chi connectivity index (χ1v) is 11.4. The number of anilines is 2. The number of rotatable bonds is 4. The van der Waals surface area contributed by atoms with E-state index in [9.17, 15) is 18.0 Å². The number of ether oxygens (including phenoxy) is 1. The quantitative estimate of drug-likeness (QED) is 0.556. The monoisotopic (exact) mass is 490 g/mol. The summed E-state index contributed by atoms with van der Waals surface area (Å²) in [4.78, 5) is 20.5. The number of carbonyl (C=O) groups excluding carboxylic acids is 1. The summed E-state index contributed by atoms with van der Waals surface area (Å²) in [7, 11) is 0. The minimum Gasteiger partial charge on any atom is -0.444 e. The Morgan fingerprint density at radius 2 is 1.83 bits per heavy atom. The topological polar surface area (TPSA) is 75.0 Å². The lowest BCUT2D eigenvalue weighted by Crippen LogP contribution is -2.50. The summed E-state index contributed by atoms with van der Waals surface area (Å²) in [6.07, 6.45) is -1.44. The zero-order valence-corrected chi connectivity index (χ0v) is 20.1. The van der Waals surface area contributed by atoms with Crippen LogP contribution in [0.5, 0.6) is 0 Å². The van der Waals surface area contributed by atoms with E-state index in [0.717, 1.165) is 17.8 Å². The van der Waals surface area contributed by atoms with Gasteiger partial charge < -0.3 is 19.9 Å². The Hall–Kier alpha value is -3.50. The molecule has 3 heterocycles. The Bertz CT molecular complexity index is 1200. The van der Waals surface area contributed by atoms with E-state index in [2.05, 4.69) is 20.3 Å². The van der Waals surface area contributed by atoms with E-state index in [1.807, 2.05) is 33.0 Å². The maximum absolute atomic E-state index is 13.1. The molecule has 1 aliphatic heterocycles. The summed E-state index contributed by atoms with van der Waals surface area (Å²) in [5.74, 6) is 0.517. The van der Waals surface area contributed by atoms with Gasteiger partial charge in [-0.2, -0.15) is 18.3 Å². The van der Waals surface area contributed by atoms with Crippen LogP contribution in [0.2, 0.25) is 0 Å². The average Bonchev–Trinajstić information content (AvgIpc) is 3.23. The first kappa shape index (κ1) is 24.6. The Labute approximate surface area is 201 Å². The molecule has 8 nitrogen and oxygen atoms in total. The summed E-state index contributed by atoms with van der Waals surface area (Å²) in [5.41, 5.74) is 0.898. The predicted molar refractivity (Wildman–Crippen MR) is 126 cm³/mol. The number of nitrogens with zero attached hydrogens (tertiary/aromatic N) is 5. The molecule has 1 fully saturated rings. The molecule has 4 rings (SSSR count). The summed E-state index contributed by atoms with van der Waals surface area (Å²) < 4.78 is 46.5. The van der Waals surface area contributed by atoms with E-state index in [4.69, 9.17) is 4.74 Å². The number of amides is 1. The molecule has 1 aliphatic rings. The molecule has 11 heteroatoms. The molecule has 0 spiro atoms. The molecule has 1 saturated heterocycles. The number of hydrogen-bond acceptors (Lipinski definition) is 6. The zero-order chi connectivity index (χ0) is 25.4. The van der Waals surface area contributed by atoms with Gasteiger partial charge in [0.05, 0.1) is 23.5 Å². The standard InChI is InChI=1S/C24H29F3N6O2/c1-16(17-6-5-7-18(12-17)24(25,26)27)30-21-20-13-19(14-33(20)29-15-28-21)31-8-10-32(11-9-31)22(34)35-23(2,3)4/h5-7,12-16H,8-11H2,1-4H3,(H,28,29,30)/t16-/m1/s1. The van der Waals surface area contributed by atoms with Gasteiger partial charge in [-0.3, -0.25) is 0 Å². The molecule has 1 atom stereocenters. The molecular formula is C24H29F3N6O2. The van der Waals surface area contributed by atoms with Crippen LogP contribution in [-0.2, 0) is 10.9 Å². The van der Waals surface area contributed by atoms with Gasteiger partial charge in [0, 0.05) is 26.2 Å². The molecule has 0 radical (unpaired) electrons. The van der Waals surface area contributed by atoms with Crippen molar-refractivity contribution in [1.29, 1.82) is 0 Å². The fourth-order valence-corrected chi connectivity index (χ4v) is 3.95. The molecule has 0 saturated carbocycles. The van der Waals surface area contributed by atoms with Gasteiger partial charge in [-0.25, -0.2) is 14.3 Å². The molecule has 2 aromatic heterocycles. The van der Waals surface area contributed by atoms with Gasteiger partial charge in [-0.05, 0) is 51.5 Å². The molecule has 0 bridgehead atoms. The highest BCUT2D eigenvalue weighted by molar-refractivity contribution is 5.74. The summed E-state index contributed by atoms with van der Waals surface area (Å²) in [5, 5.41) is 7.49. The molecule has 188 valence electrons. The van der Waals surface area contributed by atoms with Gasteiger partial charge in [-0.15, -0.1) is 0 Å². The van der Waals surface area contributed by atoms with Gasteiger partial charge in [0.1, 0.15) is 17.4 Å². The number of nitrogens with one attached hydrogen (secondary N) is 1. The molecule has 1 aromatic carbocycles. The van der Waals surface area contributed by atoms with Crippen molar-refractivity contribution < 1.29 is 22.7 Å². The fourth-order valence-electron chi connectivity index (χ4n) is 3.95. The molecule has 1 amide bonds. The van der Waals surface area contributed by atoms with Crippen molar-refractivity contribution in [3.05, 3.63) is 54.0 Å². The van der Waals surface area contributed by atoms with Gasteiger partial charge in [0.15, 0.2) is 5.82 Å². The number of piperazine rings is 1. The number of aromatic nitrogens is 3. The van der Waals surface area contributed by atoms with Crippen molar-refractivity contribution in [1.82, 2.24) is 19.5 Å². The Morgan fingerprint density at radius 3 is 2.49 bits per heavy atom. The Balaban J connectivity index is 1.47. The number of fused-ring (bicyclic) bond motifs is 1. The van der Waals surface area contributed by atoms with Crippen molar-refractivity contribution >= 4 is 23.1 Å². The summed E-state index contributed by atoms with van der Waals surface area (Å²) in [6.45, 7) is 9.64. The maximum Gasteiger partial charge on any atom is 0.416 e. The minimum absolute atomic E-state index is 0.319. The highest BCUT2D eigenvalue weighted by atomic mass is 19.4. The number of hydrogen-bond donors (Lipinski definition) is 1. The third-order valence-electron chi connectivity index (χ3n) is 5.76. The van der Waals surface area contributed by atoms with Gasteiger partial charge in [0.25, 0.3) is 0 Å². The lowest BCUT2D eigenvalue weighted by Gasteiger charge is -2.36. The van der Waals surface area contributed by atoms with Crippen LogP contribution < -0.4 is 10.2 Å². The van der Waals surface area contributed by atoms with Crippen LogP contribution >= 0.6 is 0 Å². The second-order valence-corrected chi connectivity index (χ2v) is 9.58. The van der Waals surface area contributed by atoms with E-state index < -0.39 is 23.4 Å². The van der Waals surface area contributed by atoms with E-state index in [1.165, 1.54) is 12.4 Å². The molecule has 1 N–H and O–H groups in total. The van der Waals surface area contributed by atoms with E-state index >= 15 is 0 Å². The van der Waals surface area contributed by atoms with Crippen molar-refractivity contribution in [3.8, 4) is 0 Å². The SMILES string of the molecule is C[C@@H](Nc1ncnn2cc(N3CCN(C(=O)OC(C)(C)C)CC3)cc12)c1cccc(C(F)(F)F)c1. The van der Waals surface area contributed by atoms with Crippen molar-refractivity contribution in [2.45, 2.75) is 45.5 Å². The first-order chi connectivity index (χ1) is 16.4. The second-order valence-electron chi connectivity index (χ2n) is 9.58. The first-order valence-electron chi connectivity index (χ1n) is 11.4. The second kappa shape index (κ2) is 9.27. The van der Waals surface area contributed by atoms with Crippen molar-refractivity contribution in [2.75, 3.05) is 36.4 Å². The third-order valence-corrected chi connectivity index (χ3v) is 5.76. The van der Waals surface area contributed by atoms with Gasteiger partial charge in [-0.1, -0.05) is 12.1 Å². The average molecular weight is 491 g/mol. The van der Waals surface area contributed by atoms with Crippen molar-refractivity contribution in [2.24, 2.45) is 0 Å². The van der Waals surface area contributed by atoms with Crippen LogP contribution in [0.4, 0.5) is 29.5 Å². The number of benzene rings is 1. The lowest BCUT2D eigenvalue weighted by atomic mass is 10.0. The third kappa shape index (κ3) is 5.77. The predicted octanol–water partition coefficient (Wildman–Crippen LogP) is 4.98. The smallest absolute Gasteiger partial charge is 0.416 e. The Morgan fingerprint density at radius 1 is 1.11 bits per heavy atom. The van der Waals surface area contributed by atoms with Crippen LogP contribution in [0.15, 0.2) is 42.9 Å². The molecule has 0 aliphatic carbocycles. The molecule has 0 unspecified atom stereocenters. The van der Waals surface area contributed by atoms with Crippen LogP contribution in [-0.4, -0.2) is 57.4 Å². The van der Waals surface area contributed by atoms with E-state index in [-0.39, 0.29) is 6.09 Å². The van der Waals surface area contributed by atoms with E-state index in [0.29, 0.717) is 43.1 Å². The largest absolute Gasteiger partial charge is 0.444 e. The maximum atomic E-state index is 13.1. The number of carbonyl (C=O) groups is 1. The van der Waals surface area contributed by atoms with Crippen molar-refractivity contribution in [3.63, 3.8) is 0 Å². The molecule has 3 aromatic rings. The van der Waals surface area contributed by atoms with E-state index in [1.54, 1.807) is 22.4 Å². The molecule has 35 heavy (non-hydrogen) atoms. The Kier molecular flexibility index (Phi) is 6.52. The zero-order valence-electron chi connectivity index (χ0n) is 20.1. The van der Waals surface area contributed by atoms with Gasteiger partial charge >= 0.3 is 12.3 Å². The summed E-state index contributed by atoms with van der Waals surface area (Å²) in [6, 6.07) is 6.78. The highest BCUT2D eigenvalue weighted by Gasteiger charge is 2.31. The van der Waals surface area contributed by atoms with Crippen LogP contribution in [0.3, 0.4) is 0 Å². The van der Waals surface area contributed by atoms with Crippen LogP contribution in [0, 0.1) is 0 Å². The molecular weight excluding hydrogens is 461 g/mol. The number of halogens is 3. The number of alkyl halides is 3. The lowest BCUT2D eigenvalue weighted by molar-refractivity contribution is -0.137. The summed E-state index contributed by atoms with van der Waals surface area (Å²) >= 11 is 0. The van der Waals surface area contributed by atoms with Crippen LogP contribution in [0.25, 0.3) is 5.52 Å².